The molecule has 1 amide bonds. The van der Waals surface area contributed by atoms with Gasteiger partial charge in [0.05, 0.1) is 16.7 Å². The fraction of sp³-hybridized carbons (Fsp3) is 0.500. The van der Waals surface area contributed by atoms with E-state index < -0.39 is 24.7 Å². The van der Waals surface area contributed by atoms with Gasteiger partial charge < -0.3 is 26.0 Å². The van der Waals surface area contributed by atoms with Crippen LogP contribution in [0, 0.1) is 5.92 Å². The Morgan fingerprint density at radius 2 is 2.05 bits per heavy atom. The fourth-order valence-corrected chi connectivity index (χ4v) is 2.97. The zero-order valence-corrected chi connectivity index (χ0v) is 13.3. The Kier molecular flexibility index (Phi) is 5.52. The number of phenols is 1. The lowest BCUT2D eigenvalue weighted by molar-refractivity contribution is -0.141. The standard InChI is InChI=1S/C14H18Cl2N2O4/c15-9-3-8(11(20)4-10(9)16)13(17)7-1-2-18(5-7)14(22)12(21)6-19/h3-4,7,12-13,19-21H,1-2,5-6,17H2/t7?,12-,13+/m1/s1. The van der Waals surface area contributed by atoms with E-state index in [2.05, 4.69) is 0 Å². The van der Waals surface area contributed by atoms with E-state index in [0.717, 1.165) is 0 Å². The molecule has 122 valence electrons. The lowest BCUT2D eigenvalue weighted by Gasteiger charge is -2.23. The summed E-state index contributed by atoms with van der Waals surface area (Å²) in [5.41, 5.74) is 6.65. The summed E-state index contributed by atoms with van der Waals surface area (Å²) in [5, 5.41) is 28.7. The largest absolute Gasteiger partial charge is 0.508 e. The molecule has 3 atom stereocenters. The molecule has 8 heteroatoms. The van der Waals surface area contributed by atoms with Crippen molar-refractivity contribution < 1.29 is 20.1 Å². The highest BCUT2D eigenvalue weighted by Gasteiger charge is 2.34. The highest BCUT2D eigenvalue weighted by molar-refractivity contribution is 6.42. The summed E-state index contributed by atoms with van der Waals surface area (Å²) in [6.45, 7) is 0.173. The number of amides is 1. The molecule has 1 aliphatic rings. The van der Waals surface area contributed by atoms with Crippen LogP contribution in [0.4, 0.5) is 0 Å². The van der Waals surface area contributed by atoms with E-state index in [1.807, 2.05) is 0 Å². The second kappa shape index (κ2) is 7.02. The van der Waals surface area contributed by atoms with Crippen LogP contribution in [0.15, 0.2) is 12.1 Å². The van der Waals surface area contributed by atoms with Crippen molar-refractivity contribution in [1.29, 1.82) is 0 Å². The summed E-state index contributed by atoms with van der Waals surface area (Å²) < 4.78 is 0. The number of nitrogens with two attached hydrogens (primary N) is 1. The molecule has 0 aromatic heterocycles. The predicted octanol–water partition coefficient (Wildman–Crippen LogP) is 0.900. The maximum atomic E-state index is 11.8. The van der Waals surface area contributed by atoms with Gasteiger partial charge in [-0.3, -0.25) is 4.79 Å². The molecule has 2 rings (SSSR count). The van der Waals surface area contributed by atoms with Crippen LogP contribution in [-0.2, 0) is 4.79 Å². The van der Waals surface area contributed by atoms with Crippen molar-refractivity contribution in [2.24, 2.45) is 11.7 Å². The van der Waals surface area contributed by atoms with Gasteiger partial charge in [-0.1, -0.05) is 23.2 Å². The number of phenolic OH excluding ortho intramolecular Hbond substituents is 1. The molecule has 0 spiro atoms. The number of carbonyl (C=O) groups is 1. The minimum absolute atomic E-state index is 0.0398. The Morgan fingerprint density at radius 1 is 1.41 bits per heavy atom. The lowest BCUT2D eigenvalue weighted by atomic mass is 9.92. The van der Waals surface area contributed by atoms with Crippen molar-refractivity contribution in [2.45, 2.75) is 18.6 Å². The third-order valence-corrected chi connectivity index (χ3v) is 4.65. The Hall–Kier alpha value is -1.05. The van der Waals surface area contributed by atoms with E-state index in [1.165, 1.54) is 17.0 Å². The molecule has 1 aromatic rings. The summed E-state index contributed by atoms with van der Waals surface area (Å²) in [5.74, 6) is -0.643. The number of aromatic hydroxyl groups is 1. The molecular formula is C14H18Cl2N2O4. The van der Waals surface area contributed by atoms with Crippen molar-refractivity contribution in [3.8, 4) is 5.75 Å². The molecule has 5 N–H and O–H groups in total. The molecule has 1 heterocycles. The number of aliphatic hydroxyl groups is 2. The highest BCUT2D eigenvalue weighted by Crippen LogP contribution is 2.37. The minimum Gasteiger partial charge on any atom is -0.508 e. The Balaban J connectivity index is 2.11. The molecule has 0 bridgehead atoms. The third-order valence-electron chi connectivity index (χ3n) is 3.93. The van der Waals surface area contributed by atoms with Gasteiger partial charge in [0, 0.05) is 30.8 Å². The smallest absolute Gasteiger partial charge is 0.253 e. The van der Waals surface area contributed by atoms with Crippen LogP contribution in [0.25, 0.3) is 0 Å². The van der Waals surface area contributed by atoms with Gasteiger partial charge in [0.25, 0.3) is 5.91 Å². The van der Waals surface area contributed by atoms with Crippen LogP contribution in [-0.4, -0.2) is 51.9 Å². The van der Waals surface area contributed by atoms with Gasteiger partial charge in [-0.05, 0) is 18.4 Å². The van der Waals surface area contributed by atoms with Crippen molar-refractivity contribution >= 4 is 29.1 Å². The Morgan fingerprint density at radius 3 is 2.68 bits per heavy atom. The van der Waals surface area contributed by atoms with E-state index in [9.17, 15) is 15.0 Å². The summed E-state index contributed by atoms with van der Waals surface area (Å²) in [4.78, 5) is 13.3. The Labute approximate surface area is 138 Å². The highest BCUT2D eigenvalue weighted by atomic mass is 35.5. The second-order valence-corrected chi connectivity index (χ2v) is 6.20. The van der Waals surface area contributed by atoms with Gasteiger partial charge >= 0.3 is 0 Å². The molecule has 0 saturated carbocycles. The molecule has 0 aliphatic carbocycles. The van der Waals surface area contributed by atoms with E-state index >= 15 is 0 Å². The van der Waals surface area contributed by atoms with E-state index in [1.54, 1.807) is 0 Å². The average Bonchev–Trinajstić information content (AvgIpc) is 2.98. The monoisotopic (exact) mass is 348 g/mol. The van der Waals surface area contributed by atoms with Gasteiger partial charge in [0.15, 0.2) is 6.10 Å². The van der Waals surface area contributed by atoms with Crippen LogP contribution < -0.4 is 5.73 Å². The van der Waals surface area contributed by atoms with Gasteiger partial charge in [-0.2, -0.15) is 0 Å². The molecule has 1 fully saturated rings. The second-order valence-electron chi connectivity index (χ2n) is 5.38. The number of rotatable bonds is 4. The molecule has 1 aliphatic heterocycles. The number of benzene rings is 1. The zero-order valence-electron chi connectivity index (χ0n) is 11.7. The summed E-state index contributed by atoms with van der Waals surface area (Å²) in [6.07, 6.45) is -0.779. The average molecular weight is 349 g/mol. The summed E-state index contributed by atoms with van der Waals surface area (Å²) >= 11 is 11.8. The molecule has 22 heavy (non-hydrogen) atoms. The topological polar surface area (TPSA) is 107 Å². The number of hydrogen-bond donors (Lipinski definition) is 4. The van der Waals surface area contributed by atoms with Crippen LogP contribution >= 0.6 is 23.2 Å². The number of hydrogen-bond acceptors (Lipinski definition) is 5. The maximum Gasteiger partial charge on any atom is 0.253 e. The van der Waals surface area contributed by atoms with Crippen molar-refractivity contribution in [2.75, 3.05) is 19.7 Å². The summed E-state index contributed by atoms with van der Waals surface area (Å²) in [6, 6.07) is 2.35. The number of halogens is 2. The van der Waals surface area contributed by atoms with Crippen molar-refractivity contribution in [1.82, 2.24) is 4.90 Å². The molecule has 1 unspecified atom stereocenters. The maximum absolute atomic E-state index is 11.8. The minimum atomic E-state index is -1.41. The number of carbonyl (C=O) groups excluding carboxylic acids is 1. The van der Waals surface area contributed by atoms with Crippen LogP contribution in [0.1, 0.15) is 18.0 Å². The molecular weight excluding hydrogens is 331 g/mol. The SMILES string of the molecule is N[C@H](c1cc(Cl)c(Cl)cc1O)C1CCN(C(=O)[C@H](O)CO)C1. The predicted molar refractivity (Wildman–Crippen MR) is 82.8 cm³/mol. The normalized spacial score (nSPS) is 21.0. The number of aliphatic hydroxyl groups excluding tert-OH is 2. The summed E-state index contributed by atoms with van der Waals surface area (Å²) in [7, 11) is 0. The quantitative estimate of drug-likeness (QED) is 0.646. The van der Waals surface area contributed by atoms with Gasteiger partial charge in [-0.25, -0.2) is 0 Å². The zero-order chi connectivity index (χ0) is 16.4. The first-order valence-corrected chi connectivity index (χ1v) is 7.62. The molecule has 6 nitrogen and oxygen atoms in total. The Bertz CT molecular complexity index is 570. The van der Waals surface area contributed by atoms with Crippen LogP contribution in [0.3, 0.4) is 0 Å². The molecule has 0 radical (unpaired) electrons. The van der Waals surface area contributed by atoms with Gasteiger partial charge in [0.1, 0.15) is 5.75 Å². The van der Waals surface area contributed by atoms with Crippen LogP contribution in [0.5, 0.6) is 5.75 Å². The number of likely N-dealkylation sites (tertiary alicyclic amines) is 1. The lowest BCUT2D eigenvalue weighted by Crippen LogP contribution is -2.40. The molecule has 1 aromatic carbocycles. The van der Waals surface area contributed by atoms with E-state index in [-0.39, 0.29) is 16.7 Å². The van der Waals surface area contributed by atoms with Crippen molar-refractivity contribution in [3.05, 3.63) is 27.7 Å². The number of nitrogens with zero attached hydrogens (tertiary/aromatic N) is 1. The third kappa shape index (κ3) is 3.47. The molecule has 1 saturated heterocycles. The van der Waals surface area contributed by atoms with Crippen LogP contribution in [0.2, 0.25) is 10.0 Å². The van der Waals surface area contributed by atoms with Crippen molar-refractivity contribution in [3.63, 3.8) is 0 Å². The first-order valence-electron chi connectivity index (χ1n) is 6.86. The van der Waals surface area contributed by atoms with E-state index in [4.69, 9.17) is 34.0 Å². The first-order chi connectivity index (χ1) is 10.3. The fourth-order valence-electron chi connectivity index (χ4n) is 2.64. The van der Waals surface area contributed by atoms with Gasteiger partial charge in [0.2, 0.25) is 0 Å². The van der Waals surface area contributed by atoms with E-state index in [0.29, 0.717) is 30.1 Å². The van der Waals surface area contributed by atoms with Gasteiger partial charge in [-0.15, -0.1) is 0 Å². The first kappa shape index (κ1) is 17.3.